The van der Waals surface area contributed by atoms with Crippen LogP contribution in [0.3, 0.4) is 0 Å². The lowest BCUT2D eigenvalue weighted by molar-refractivity contribution is 0.555. The minimum Gasteiger partial charge on any atom is -0.346 e. The molecule has 0 atom stereocenters. The average molecular weight is 316 g/mol. The Hall–Kier alpha value is -1.21. The summed E-state index contributed by atoms with van der Waals surface area (Å²) in [7, 11) is 0. The van der Waals surface area contributed by atoms with Gasteiger partial charge >= 0.3 is 0 Å². The molecule has 3 rings (SSSR count). The third-order valence-corrected chi connectivity index (χ3v) is 3.38. The van der Waals surface area contributed by atoms with Crippen LogP contribution in [0.4, 0.5) is 5.82 Å². The van der Waals surface area contributed by atoms with Crippen molar-refractivity contribution in [3.63, 3.8) is 0 Å². The lowest BCUT2D eigenvalue weighted by Gasteiger charge is -2.28. The average Bonchev–Trinajstić information content (AvgIpc) is 2.79. The van der Waals surface area contributed by atoms with Crippen LogP contribution in [-0.2, 0) is 13.1 Å². The highest BCUT2D eigenvalue weighted by atomic mass is 79.9. The normalized spacial score (nSPS) is 14.8. The molecule has 1 aliphatic rings. The number of anilines is 1. The smallest absolute Gasteiger partial charge is 0.224 e. The molecule has 2 aromatic rings. The number of rotatable bonds is 1. The zero-order chi connectivity index (χ0) is 11.8. The van der Waals surface area contributed by atoms with Crippen molar-refractivity contribution in [3.05, 3.63) is 28.1 Å². The van der Waals surface area contributed by atoms with Crippen LogP contribution < -0.4 is 4.90 Å². The van der Waals surface area contributed by atoms with E-state index >= 15 is 0 Å². The summed E-state index contributed by atoms with van der Waals surface area (Å²) in [5.74, 6) is 1.72. The summed E-state index contributed by atoms with van der Waals surface area (Å²) < 4.78 is 2.86. The van der Waals surface area contributed by atoms with Crippen LogP contribution in [0, 0.1) is 0 Å². The van der Waals surface area contributed by atoms with Crippen molar-refractivity contribution >= 4 is 33.3 Å². The summed E-state index contributed by atoms with van der Waals surface area (Å²) in [5.41, 5.74) is 0. The fourth-order valence-corrected chi connectivity index (χ4v) is 2.38. The zero-order valence-corrected chi connectivity index (χ0v) is 11.1. The molecule has 0 bridgehead atoms. The largest absolute Gasteiger partial charge is 0.346 e. The molecule has 0 saturated carbocycles. The van der Waals surface area contributed by atoms with Gasteiger partial charge in [0.1, 0.15) is 12.1 Å². The van der Waals surface area contributed by atoms with Crippen LogP contribution in [0.2, 0.25) is 5.28 Å². The molecule has 0 aromatic carbocycles. The second-order valence-corrected chi connectivity index (χ2v) is 4.87. The van der Waals surface area contributed by atoms with Gasteiger partial charge in [0.2, 0.25) is 5.28 Å². The minimum atomic E-state index is 0.246. The highest BCUT2D eigenvalue weighted by Crippen LogP contribution is 2.26. The van der Waals surface area contributed by atoms with E-state index in [2.05, 4.69) is 41.0 Å². The van der Waals surface area contributed by atoms with Crippen molar-refractivity contribution in [2.45, 2.75) is 13.1 Å². The molecule has 3 heterocycles. The van der Waals surface area contributed by atoms with E-state index < -0.39 is 0 Å². The van der Waals surface area contributed by atoms with Gasteiger partial charge in [0, 0.05) is 19.3 Å². The monoisotopic (exact) mass is 314 g/mol. The highest BCUT2D eigenvalue weighted by Gasteiger charge is 2.20. The molecule has 0 saturated heterocycles. The van der Waals surface area contributed by atoms with Crippen molar-refractivity contribution in [2.24, 2.45) is 0 Å². The maximum absolute atomic E-state index is 5.81. The van der Waals surface area contributed by atoms with E-state index in [1.165, 1.54) is 0 Å². The number of nitrogens with zero attached hydrogens (tertiary/aromatic N) is 6. The van der Waals surface area contributed by atoms with Gasteiger partial charge in [-0.1, -0.05) is 0 Å². The number of halogens is 2. The Morgan fingerprint density at radius 2 is 2.24 bits per heavy atom. The van der Waals surface area contributed by atoms with E-state index in [1.54, 1.807) is 12.5 Å². The quantitative estimate of drug-likeness (QED) is 0.747. The molecule has 17 heavy (non-hydrogen) atoms. The molecule has 0 radical (unpaired) electrons. The van der Waals surface area contributed by atoms with Crippen molar-refractivity contribution in [1.29, 1.82) is 0 Å². The maximum atomic E-state index is 5.81. The molecule has 0 spiro atoms. The molecular formula is C9H8BrClN6. The van der Waals surface area contributed by atoms with Crippen molar-refractivity contribution in [2.75, 3.05) is 11.4 Å². The molecule has 88 valence electrons. The summed E-state index contributed by atoms with van der Waals surface area (Å²) in [5, 5.41) is 8.20. The van der Waals surface area contributed by atoms with Gasteiger partial charge in [0.05, 0.1) is 11.0 Å². The van der Waals surface area contributed by atoms with Crippen molar-refractivity contribution in [3.8, 4) is 0 Å². The molecule has 0 fully saturated rings. The number of aromatic nitrogens is 5. The molecule has 0 N–H and O–H groups in total. The molecule has 0 amide bonds. The van der Waals surface area contributed by atoms with Crippen LogP contribution in [0.1, 0.15) is 5.82 Å². The highest BCUT2D eigenvalue weighted by molar-refractivity contribution is 9.10. The first-order valence-electron chi connectivity index (χ1n) is 5.04. The SMILES string of the molecule is Clc1ncc(Br)c(N2CCn3cnnc3C2)n1. The summed E-state index contributed by atoms with van der Waals surface area (Å²) >= 11 is 9.24. The van der Waals surface area contributed by atoms with E-state index in [1.807, 2.05) is 4.57 Å². The lowest BCUT2D eigenvalue weighted by atomic mass is 10.3. The molecule has 0 aliphatic carbocycles. The Bertz CT molecular complexity index is 556. The molecule has 1 aliphatic heterocycles. The van der Waals surface area contributed by atoms with E-state index in [9.17, 15) is 0 Å². The van der Waals surface area contributed by atoms with Gasteiger partial charge in [-0.05, 0) is 27.5 Å². The predicted octanol–water partition coefficient (Wildman–Crippen LogP) is 1.50. The summed E-state index contributed by atoms with van der Waals surface area (Å²) in [6.45, 7) is 2.36. The zero-order valence-electron chi connectivity index (χ0n) is 8.72. The maximum Gasteiger partial charge on any atom is 0.224 e. The minimum absolute atomic E-state index is 0.246. The number of hydrogen-bond acceptors (Lipinski definition) is 5. The Morgan fingerprint density at radius 3 is 3.12 bits per heavy atom. The van der Waals surface area contributed by atoms with Crippen LogP contribution in [0.25, 0.3) is 0 Å². The van der Waals surface area contributed by atoms with Gasteiger partial charge in [0.25, 0.3) is 0 Å². The van der Waals surface area contributed by atoms with E-state index in [-0.39, 0.29) is 5.28 Å². The summed E-state index contributed by atoms with van der Waals surface area (Å²) in [6.07, 6.45) is 3.40. The van der Waals surface area contributed by atoms with Gasteiger partial charge < -0.3 is 9.47 Å². The van der Waals surface area contributed by atoms with Gasteiger partial charge in [0.15, 0.2) is 5.82 Å². The second kappa shape index (κ2) is 4.23. The topological polar surface area (TPSA) is 59.7 Å². The molecule has 2 aromatic heterocycles. The Labute approximate surface area is 111 Å². The third kappa shape index (κ3) is 2.00. The molecule has 8 heteroatoms. The van der Waals surface area contributed by atoms with Crippen LogP contribution in [0.15, 0.2) is 17.0 Å². The first-order chi connectivity index (χ1) is 8.24. The Balaban J connectivity index is 1.94. The number of hydrogen-bond donors (Lipinski definition) is 0. The standard InChI is InChI=1S/C9H8BrClN6/c10-6-3-12-9(11)14-8(6)16-1-2-17-5-13-15-7(17)4-16/h3,5H,1-2,4H2. The summed E-state index contributed by atoms with van der Waals surface area (Å²) in [6, 6.07) is 0. The van der Waals surface area contributed by atoms with Crippen LogP contribution >= 0.6 is 27.5 Å². The van der Waals surface area contributed by atoms with Gasteiger partial charge in [-0.15, -0.1) is 10.2 Å². The molecule has 6 nitrogen and oxygen atoms in total. The summed E-state index contributed by atoms with van der Waals surface area (Å²) in [4.78, 5) is 10.2. The predicted molar refractivity (Wildman–Crippen MR) is 65.8 cm³/mol. The van der Waals surface area contributed by atoms with E-state index in [4.69, 9.17) is 11.6 Å². The van der Waals surface area contributed by atoms with E-state index in [0.29, 0.717) is 6.54 Å². The van der Waals surface area contributed by atoms with Crippen LogP contribution in [-0.4, -0.2) is 31.3 Å². The lowest BCUT2D eigenvalue weighted by Crippen LogP contribution is -2.34. The Morgan fingerprint density at radius 1 is 1.35 bits per heavy atom. The third-order valence-electron chi connectivity index (χ3n) is 2.63. The van der Waals surface area contributed by atoms with Gasteiger partial charge in [-0.3, -0.25) is 0 Å². The fraction of sp³-hybridized carbons (Fsp3) is 0.333. The van der Waals surface area contributed by atoms with Gasteiger partial charge in [-0.25, -0.2) is 4.98 Å². The first kappa shape index (κ1) is 10.9. The fourth-order valence-electron chi connectivity index (χ4n) is 1.81. The molecular weight excluding hydrogens is 307 g/mol. The second-order valence-electron chi connectivity index (χ2n) is 3.67. The van der Waals surface area contributed by atoms with E-state index in [0.717, 1.165) is 29.2 Å². The van der Waals surface area contributed by atoms with Gasteiger partial charge in [-0.2, -0.15) is 4.98 Å². The Kier molecular flexibility index (Phi) is 2.71. The molecule has 0 unspecified atom stereocenters. The first-order valence-corrected chi connectivity index (χ1v) is 6.21. The number of fused-ring (bicyclic) bond motifs is 1. The van der Waals surface area contributed by atoms with Crippen LogP contribution in [0.5, 0.6) is 0 Å². The van der Waals surface area contributed by atoms with Crippen molar-refractivity contribution in [1.82, 2.24) is 24.7 Å². The van der Waals surface area contributed by atoms with Crippen molar-refractivity contribution < 1.29 is 0 Å².